The zero-order valence-corrected chi connectivity index (χ0v) is 14.4. The molecule has 0 saturated heterocycles. The van der Waals surface area contributed by atoms with Crippen molar-refractivity contribution in [1.82, 2.24) is 0 Å². The van der Waals surface area contributed by atoms with Gasteiger partial charge in [0.15, 0.2) is 5.78 Å². The maximum absolute atomic E-state index is 12.9. The van der Waals surface area contributed by atoms with E-state index < -0.39 is 19.7 Å². The van der Waals surface area contributed by atoms with Crippen LogP contribution in [0.25, 0.3) is 0 Å². The average Bonchev–Trinajstić information content (AvgIpc) is 2.59. The van der Waals surface area contributed by atoms with Crippen molar-refractivity contribution < 1.29 is 31.5 Å². The molecule has 2 aromatic rings. The first kappa shape index (κ1) is 19.3. The standard InChI is InChI=1S/C16H17F3NO4P/c1-22-25(21,23-2)15(20-13-6-4-3-5-7-13)12-8-10-14(11-9-12)24-16(17,18)19/h3-11,15,20H,1-2H3. The van der Waals surface area contributed by atoms with Crippen LogP contribution in [0.2, 0.25) is 0 Å². The topological polar surface area (TPSA) is 56.8 Å². The second kappa shape index (κ2) is 7.91. The van der Waals surface area contributed by atoms with E-state index in [0.717, 1.165) is 12.1 Å². The molecular weight excluding hydrogens is 358 g/mol. The maximum Gasteiger partial charge on any atom is 0.573 e. The van der Waals surface area contributed by atoms with E-state index in [4.69, 9.17) is 9.05 Å². The second-order valence-corrected chi connectivity index (χ2v) is 7.26. The van der Waals surface area contributed by atoms with Crippen molar-refractivity contribution in [3.05, 3.63) is 60.2 Å². The lowest BCUT2D eigenvalue weighted by atomic mass is 10.2. The Balaban J connectivity index is 2.33. The lowest BCUT2D eigenvalue weighted by Gasteiger charge is -2.26. The summed E-state index contributed by atoms with van der Waals surface area (Å²) in [4.78, 5) is 0. The molecule has 25 heavy (non-hydrogen) atoms. The zero-order chi connectivity index (χ0) is 18.5. The van der Waals surface area contributed by atoms with Crippen LogP contribution in [0.3, 0.4) is 0 Å². The van der Waals surface area contributed by atoms with Crippen LogP contribution in [0.15, 0.2) is 54.6 Å². The fourth-order valence-electron chi connectivity index (χ4n) is 2.17. The highest BCUT2D eigenvalue weighted by molar-refractivity contribution is 7.54. The molecule has 0 heterocycles. The number of nitrogens with one attached hydrogen (secondary N) is 1. The van der Waals surface area contributed by atoms with Gasteiger partial charge in [-0.1, -0.05) is 30.3 Å². The van der Waals surface area contributed by atoms with Crippen molar-refractivity contribution in [2.45, 2.75) is 12.1 Å². The Kier molecular flexibility index (Phi) is 6.11. The number of hydrogen-bond donors (Lipinski definition) is 1. The van der Waals surface area contributed by atoms with E-state index in [1.165, 1.54) is 26.4 Å². The van der Waals surface area contributed by atoms with Gasteiger partial charge in [-0.3, -0.25) is 4.57 Å². The number of para-hydroxylation sites is 1. The molecule has 136 valence electrons. The molecule has 1 atom stereocenters. The van der Waals surface area contributed by atoms with E-state index in [1.54, 1.807) is 24.3 Å². The van der Waals surface area contributed by atoms with Crippen LogP contribution in [0.4, 0.5) is 18.9 Å². The summed E-state index contributed by atoms with van der Waals surface area (Å²) < 4.78 is 63.6. The first-order valence-electron chi connectivity index (χ1n) is 7.16. The predicted molar refractivity (Wildman–Crippen MR) is 87.6 cm³/mol. The Morgan fingerprint density at radius 1 is 0.960 bits per heavy atom. The first-order valence-corrected chi connectivity index (χ1v) is 8.77. The highest BCUT2D eigenvalue weighted by Gasteiger charge is 2.36. The molecule has 0 aliphatic carbocycles. The molecular formula is C16H17F3NO4P. The molecule has 0 fully saturated rings. The van der Waals surface area contributed by atoms with Gasteiger partial charge in [-0.05, 0) is 29.8 Å². The smallest absolute Gasteiger partial charge is 0.406 e. The predicted octanol–water partition coefficient (Wildman–Crippen LogP) is 5.18. The molecule has 0 aliphatic heterocycles. The van der Waals surface area contributed by atoms with Crippen molar-refractivity contribution in [1.29, 1.82) is 0 Å². The normalized spacial score (nSPS) is 13.3. The minimum atomic E-state index is -4.78. The van der Waals surface area contributed by atoms with Crippen LogP contribution < -0.4 is 10.1 Å². The number of ether oxygens (including phenoxy) is 1. The number of anilines is 1. The highest BCUT2D eigenvalue weighted by atomic mass is 31.2. The van der Waals surface area contributed by atoms with Crippen LogP contribution in [-0.4, -0.2) is 20.6 Å². The molecule has 9 heteroatoms. The molecule has 5 nitrogen and oxygen atoms in total. The van der Waals surface area contributed by atoms with Crippen molar-refractivity contribution in [2.75, 3.05) is 19.5 Å². The van der Waals surface area contributed by atoms with E-state index in [2.05, 4.69) is 10.1 Å². The second-order valence-electron chi connectivity index (χ2n) is 4.93. The fourth-order valence-corrected chi connectivity index (χ4v) is 3.59. The monoisotopic (exact) mass is 375 g/mol. The minimum absolute atomic E-state index is 0.376. The molecule has 0 amide bonds. The Labute approximate surface area is 143 Å². The summed E-state index contributed by atoms with van der Waals surface area (Å²) >= 11 is 0. The summed E-state index contributed by atoms with van der Waals surface area (Å²) in [5.74, 6) is -1.29. The van der Waals surface area contributed by atoms with Gasteiger partial charge < -0.3 is 19.1 Å². The molecule has 1 unspecified atom stereocenters. The lowest BCUT2D eigenvalue weighted by molar-refractivity contribution is -0.274. The summed E-state index contributed by atoms with van der Waals surface area (Å²) in [6.45, 7) is 0. The molecule has 2 rings (SSSR count). The summed E-state index contributed by atoms with van der Waals surface area (Å²) in [5, 5.41) is 3.03. The Hall–Kier alpha value is -2.02. The number of rotatable bonds is 7. The van der Waals surface area contributed by atoms with Gasteiger partial charge in [-0.2, -0.15) is 0 Å². The third-order valence-corrected chi connectivity index (χ3v) is 5.41. The number of alkyl halides is 3. The summed E-state index contributed by atoms with van der Waals surface area (Å²) in [7, 11) is -1.13. The van der Waals surface area contributed by atoms with Crippen LogP contribution in [0, 0.1) is 0 Å². The van der Waals surface area contributed by atoms with Crippen molar-refractivity contribution in [3.8, 4) is 5.75 Å². The molecule has 0 radical (unpaired) electrons. The van der Waals surface area contributed by atoms with Gasteiger partial charge in [0.2, 0.25) is 0 Å². The SMILES string of the molecule is COP(=O)(OC)C(Nc1ccccc1)c1ccc(OC(F)(F)F)cc1. The largest absolute Gasteiger partial charge is 0.573 e. The molecule has 0 bridgehead atoms. The van der Waals surface area contributed by atoms with E-state index in [0.29, 0.717) is 11.3 Å². The summed E-state index contributed by atoms with van der Waals surface area (Å²) in [6.07, 6.45) is -4.78. The van der Waals surface area contributed by atoms with Crippen molar-refractivity contribution in [3.63, 3.8) is 0 Å². The first-order chi connectivity index (χ1) is 11.8. The van der Waals surface area contributed by atoms with Gasteiger partial charge in [-0.15, -0.1) is 13.2 Å². The average molecular weight is 375 g/mol. The molecule has 2 aromatic carbocycles. The van der Waals surface area contributed by atoms with Crippen LogP contribution >= 0.6 is 7.60 Å². The highest BCUT2D eigenvalue weighted by Crippen LogP contribution is 2.59. The minimum Gasteiger partial charge on any atom is -0.406 e. The quantitative estimate of drug-likeness (QED) is 0.676. The maximum atomic E-state index is 12.9. The van der Waals surface area contributed by atoms with Gasteiger partial charge in [-0.25, -0.2) is 0 Å². The Morgan fingerprint density at radius 3 is 2.00 bits per heavy atom. The van der Waals surface area contributed by atoms with Gasteiger partial charge in [0, 0.05) is 19.9 Å². The lowest BCUT2D eigenvalue weighted by Crippen LogP contribution is -2.17. The number of halogens is 3. The zero-order valence-electron chi connectivity index (χ0n) is 13.5. The molecule has 1 N–H and O–H groups in total. The third kappa shape index (κ3) is 5.22. The van der Waals surface area contributed by atoms with E-state index in [9.17, 15) is 17.7 Å². The molecule has 0 aliphatic rings. The van der Waals surface area contributed by atoms with Crippen molar-refractivity contribution in [2.24, 2.45) is 0 Å². The fraction of sp³-hybridized carbons (Fsp3) is 0.250. The Bertz CT molecular complexity index is 714. The van der Waals surface area contributed by atoms with E-state index in [1.807, 2.05) is 6.07 Å². The summed E-state index contributed by atoms with van der Waals surface area (Å²) in [6, 6.07) is 13.9. The van der Waals surface area contributed by atoms with Crippen LogP contribution in [-0.2, 0) is 13.6 Å². The van der Waals surface area contributed by atoms with Gasteiger partial charge >= 0.3 is 14.0 Å². The van der Waals surface area contributed by atoms with Gasteiger partial charge in [0.25, 0.3) is 0 Å². The van der Waals surface area contributed by atoms with E-state index in [-0.39, 0.29) is 5.75 Å². The summed E-state index contributed by atoms with van der Waals surface area (Å²) in [5.41, 5.74) is 1.07. The molecule has 0 spiro atoms. The van der Waals surface area contributed by atoms with Crippen LogP contribution in [0.5, 0.6) is 5.75 Å². The molecule has 0 saturated carbocycles. The van der Waals surface area contributed by atoms with Gasteiger partial charge in [0.1, 0.15) is 5.75 Å². The van der Waals surface area contributed by atoms with Gasteiger partial charge in [0.05, 0.1) is 0 Å². The molecule has 0 aromatic heterocycles. The Morgan fingerprint density at radius 2 is 1.52 bits per heavy atom. The van der Waals surface area contributed by atoms with Crippen molar-refractivity contribution >= 4 is 13.3 Å². The van der Waals surface area contributed by atoms with Crippen LogP contribution in [0.1, 0.15) is 11.3 Å². The third-order valence-electron chi connectivity index (χ3n) is 3.33. The number of hydrogen-bond acceptors (Lipinski definition) is 5. The number of benzene rings is 2. The van der Waals surface area contributed by atoms with E-state index >= 15 is 0 Å².